The summed E-state index contributed by atoms with van der Waals surface area (Å²) in [6.07, 6.45) is 0.437. The molecule has 3 rings (SSSR count). The third kappa shape index (κ3) is 4.06. The molecule has 1 unspecified atom stereocenters. The summed E-state index contributed by atoms with van der Waals surface area (Å²) in [6, 6.07) is 1.79. The van der Waals surface area contributed by atoms with Crippen molar-refractivity contribution in [3.8, 4) is 0 Å². The summed E-state index contributed by atoms with van der Waals surface area (Å²) >= 11 is 0. The van der Waals surface area contributed by atoms with Crippen LogP contribution in [-0.2, 0) is 4.74 Å². The second kappa shape index (κ2) is 6.16. The molecule has 4 N–H and O–H groups in total. The molecule has 1 aromatic heterocycles. The Hall–Kier alpha value is -1.54. The Bertz CT molecular complexity index is 554. The smallest absolute Gasteiger partial charge is 0.248 e. The molecule has 1 aromatic rings. The van der Waals surface area contributed by atoms with Crippen LogP contribution in [0, 0.1) is 0 Å². The van der Waals surface area contributed by atoms with Crippen molar-refractivity contribution in [3.63, 3.8) is 0 Å². The Morgan fingerprint density at radius 2 is 2.04 bits per heavy atom. The molecule has 2 heterocycles. The number of nitrogen functional groups attached to an aromatic ring is 1. The van der Waals surface area contributed by atoms with E-state index in [1.165, 1.54) is 0 Å². The molecular weight excluding hydrogens is 306 g/mol. The highest BCUT2D eigenvalue weighted by atomic mass is 19.3. The predicted molar refractivity (Wildman–Crippen MR) is 81.5 cm³/mol. The molecule has 2 aliphatic rings. The van der Waals surface area contributed by atoms with E-state index >= 15 is 0 Å². The van der Waals surface area contributed by atoms with E-state index in [0.29, 0.717) is 19.0 Å². The lowest BCUT2D eigenvalue weighted by Crippen LogP contribution is -2.43. The van der Waals surface area contributed by atoms with Gasteiger partial charge in [0.1, 0.15) is 5.82 Å². The lowest BCUT2D eigenvalue weighted by atomic mass is 9.83. The van der Waals surface area contributed by atoms with Gasteiger partial charge < -0.3 is 20.9 Å². The largest absolute Gasteiger partial charge is 0.388 e. The summed E-state index contributed by atoms with van der Waals surface area (Å²) in [5.74, 6) is -1.82. The Morgan fingerprint density at radius 1 is 1.30 bits per heavy atom. The number of hydrogen-bond acceptors (Lipinski definition) is 6. The van der Waals surface area contributed by atoms with Crippen LogP contribution in [0.25, 0.3) is 0 Å². The standard InChI is InChI=1S/C15H22F2N4O2/c16-15(17)4-2-14(22,3-5-15)9-19-12-7-11(20-13(18)21-12)10-1-6-23-8-10/h7,10,22H,1-6,8-9H2,(H3,18,19,20,21). The maximum absolute atomic E-state index is 13.2. The molecular formula is C15H22F2N4O2. The lowest BCUT2D eigenvalue weighted by molar-refractivity contribution is -0.0978. The number of anilines is 2. The van der Waals surface area contributed by atoms with Crippen LogP contribution >= 0.6 is 0 Å². The lowest BCUT2D eigenvalue weighted by Gasteiger charge is -2.36. The van der Waals surface area contributed by atoms with Gasteiger partial charge >= 0.3 is 0 Å². The van der Waals surface area contributed by atoms with Crippen molar-refractivity contribution >= 4 is 11.8 Å². The first-order chi connectivity index (χ1) is 10.9. The number of aliphatic hydroxyl groups is 1. The van der Waals surface area contributed by atoms with Crippen LogP contribution in [0.4, 0.5) is 20.5 Å². The monoisotopic (exact) mass is 328 g/mol. The van der Waals surface area contributed by atoms with E-state index < -0.39 is 11.5 Å². The van der Waals surface area contributed by atoms with Crippen LogP contribution in [-0.4, -0.2) is 46.4 Å². The topological polar surface area (TPSA) is 93.3 Å². The second-order valence-electron chi connectivity index (χ2n) is 6.53. The van der Waals surface area contributed by atoms with Gasteiger partial charge in [-0.3, -0.25) is 0 Å². The van der Waals surface area contributed by atoms with Gasteiger partial charge in [0.05, 0.1) is 17.9 Å². The minimum atomic E-state index is -2.67. The van der Waals surface area contributed by atoms with E-state index in [9.17, 15) is 13.9 Å². The van der Waals surface area contributed by atoms with Gasteiger partial charge in [0.15, 0.2) is 0 Å². The van der Waals surface area contributed by atoms with Crippen LogP contribution in [0.1, 0.15) is 43.7 Å². The van der Waals surface area contributed by atoms with Crippen LogP contribution in [0.3, 0.4) is 0 Å². The maximum Gasteiger partial charge on any atom is 0.248 e. The Kier molecular flexibility index (Phi) is 4.37. The first-order valence-corrected chi connectivity index (χ1v) is 7.92. The van der Waals surface area contributed by atoms with E-state index in [1.54, 1.807) is 6.07 Å². The SMILES string of the molecule is Nc1nc(NCC2(O)CCC(F)(F)CC2)cc(C2CCOC2)n1. The number of alkyl halides is 2. The number of hydrogen-bond donors (Lipinski definition) is 3. The van der Waals surface area contributed by atoms with Gasteiger partial charge in [0.25, 0.3) is 0 Å². The van der Waals surface area contributed by atoms with Gasteiger partial charge in [-0.1, -0.05) is 0 Å². The highest BCUT2D eigenvalue weighted by molar-refractivity contribution is 5.42. The van der Waals surface area contributed by atoms with Crippen molar-refractivity contribution in [1.82, 2.24) is 9.97 Å². The van der Waals surface area contributed by atoms with Crippen LogP contribution in [0.15, 0.2) is 6.07 Å². The molecule has 0 aromatic carbocycles. The number of rotatable bonds is 4. The highest BCUT2D eigenvalue weighted by Gasteiger charge is 2.42. The molecule has 1 atom stereocenters. The van der Waals surface area contributed by atoms with Crippen molar-refractivity contribution < 1.29 is 18.6 Å². The first kappa shape index (κ1) is 16.3. The molecule has 2 fully saturated rings. The van der Waals surface area contributed by atoms with E-state index in [1.807, 2.05) is 0 Å². The second-order valence-corrected chi connectivity index (χ2v) is 6.53. The van der Waals surface area contributed by atoms with E-state index in [4.69, 9.17) is 10.5 Å². The van der Waals surface area contributed by atoms with E-state index in [-0.39, 0.29) is 44.1 Å². The highest BCUT2D eigenvalue weighted by Crippen LogP contribution is 2.38. The summed E-state index contributed by atoms with van der Waals surface area (Å²) < 4.78 is 31.8. The van der Waals surface area contributed by atoms with Gasteiger partial charge in [-0.2, -0.15) is 4.98 Å². The molecule has 1 saturated heterocycles. The molecule has 0 radical (unpaired) electrons. The molecule has 0 spiro atoms. The van der Waals surface area contributed by atoms with Gasteiger partial charge in [-0.25, -0.2) is 13.8 Å². The Labute approximate surface area is 133 Å². The fourth-order valence-electron chi connectivity index (χ4n) is 3.07. The van der Waals surface area contributed by atoms with Crippen LogP contribution in [0.2, 0.25) is 0 Å². The van der Waals surface area contributed by atoms with Crippen molar-refractivity contribution in [2.24, 2.45) is 0 Å². The number of nitrogens with two attached hydrogens (primary N) is 1. The van der Waals surface area contributed by atoms with E-state index in [0.717, 1.165) is 12.1 Å². The first-order valence-electron chi connectivity index (χ1n) is 7.92. The van der Waals surface area contributed by atoms with Crippen molar-refractivity contribution in [2.75, 3.05) is 30.8 Å². The average molecular weight is 328 g/mol. The number of ether oxygens (including phenoxy) is 1. The molecule has 0 amide bonds. The van der Waals surface area contributed by atoms with Crippen LogP contribution < -0.4 is 11.1 Å². The molecule has 128 valence electrons. The number of nitrogens with one attached hydrogen (secondary N) is 1. The molecule has 8 heteroatoms. The van der Waals surface area contributed by atoms with Gasteiger partial charge in [0, 0.05) is 38.0 Å². The number of aromatic nitrogens is 2. The van der Waals surface area contributed by atoms with Gasteiger partial charge in [-0.05, 0) is 19.3 Å². The number of nitrogens with zero attached hydrogens (tertiary/aromatic N) is 2. The average Bonchev–Trinajstić information content (AvgIpc) is 3.03. The molecule has 1 aliphatic carbocycles. The Morgan fingerprint density at radius 3 is 2.70 bits per heavy atom. The molecule has 23 heavy (non-hydrogen) atoms. The summed E-state index contributed by atoms with van der Waals surface area (Å²) in [7, 11) is 0. The summed E-state index contributed by atoms with van der Waals surface area (Å²) in [5, 5.41) is 13.4. The molecule has 0 bridgehead atoms. The zero-order chi connectivity index (χ0) is 16.5. The minimum Gasteiger partial charge on any atom is -0.388 e. The summed E-state index contributed by atoms with van der Waals surface area (Å²) in [4.78, 5) is 8.34. The quantitative estimate of drug-likeness (QED) is 0.782. The molecule has 6 nitrogen and oxygen atoms in total. The molecule has 1 aliphatic heterocycles. The third-order valence-electron chi connectivity index (χ3n) is 4.62. The van der Waals surface area contributed by atoms with Gasteiger partial charge in [-0.15, -0.1) is 0 Å². The fourth-order valence-corrected chi connectivity index (χ4v) is 3.07. The normalized spacial score (nSPS) is 26.1. The molecule has 1 saturated carbocycles. The van der Waals surface area contributed by atoms with Gasteiger partial charge in [0.2, 0.25) is 11.9 Å². The zero-order valence-corrected chi connectivity index (χ0v) is 12.9. The minimum absolute atomic E-state index is 0.0664. The van der Waals surface area contributed by atoms with Crippen molar-refractivity contribution in [3.05, 3.63) is 11.8 Å². The summed E-state index contributed by atoms with van der Waals surface area (Å²) in [6.45, 7) is 1.47. The summed E-state index contributed by atoms with van der Waals surface area (Å²) in [5.41, 5.74) is 5.40. The third-order valence-corrected chi connectivity index (χ3v) is 4.62. The maximum atomic E-state index is 13.2. The van der Waals surface area contributed by atoms with E-state index in [2.05, 4.69) is 15.3 Å². The van der Waals surface area contributed by atoms with Crippen molar-refractivity contribution in [1.29, 1.82) is 0 Å². The van der Waals surface area contributed by atoms with Crippen LogP contribution in [0.5, 0.6) is 0 Å². The predicted octanol–water partition coefficient (Wildman–Crippen LogP) is 1.91. The number of halogens is 2. The Balaban J connectivity index is 1.64. The zero-order valence-electron chi connectivity index (χ0n) is 12.9. The van der Waals surface area contributed by atoms with Crippen molar-refractivity contribution in [2.45, 2.75) is 49.5 Å². The fraction of sp³-hybridized carbons (Fsp3) is 0.733.